The zero-order valence-corrected chi connectivity index (χ0v) is 13.1. The highest BCUT2D eigenvalue weighted by molar-refractivity contribution is 5.28. The molecular weight excluding hydrogens is 250 g/mol. The number of aliphatic hydroxyl groups excluding tert-OH is 1. The summed E-state index contributed by atoms with van der Waals surface area (Å²) in [7, 11) is 4.03. The van der Waals surface area contributed by atoms with E-state index in [2.05, 4.69) is 11.8 Å². The third-order valence-electron chi connectivity index (χ3n) is 3.38. The summed E-state index contributed by atoms with van der Waals surface area (Å²) in [4.78, 5) is 2.08. The first-order valence-electron chi connectivity index (χ1n) is 7.69. The second kappa shape index (κ2) is 9.78. The van der Waals surface area contributed by atoms with Gasteiger partial charge in [0, 0.05) is 6.54 Å². The van der Waals surface area contributed by atoms with Crippen LogP contribution in [0.3, 0.4) is 0 Å². The zero-order valence-electron chi connectivity index (χ0n) is 13.1. The second-order valence-corrected chi connectivity index (χ2v) is 5.59. The summed E-state index contributed by atoms with van der Waals surface area (Å²) in [6, 6.07) is 7.82. The quantitative estimate of drug-likeness (QED) is 0.664. The third-order valence-corrected chi connectivity index (χ3v) is 3.38. The number of aliphatic hydroxyl groups is 1. The largest absolute Gasteiger partial charge is 0.494 e. The van der Waals surface area contributed by atoms with E-state index < -0.39 is 6.10 Å². The van der Waals surface area contributed by atoms with E-state index >= 15 is 0 Å². The standard InChI is InChI=1S/C17H29NO2/c1-4-5-6-7-14-20-16-10-8-15(9-11-16)17(19)12-13-18(2)3/h8-11,17,19H,4-7,12-14H2,1-3H3. The maximum Gasteiger partial charge on any atom is 0.119 e. The number of rotatable bonds is 10. The van der Waals surface area contributed by atoms with Gasteiger partial charge in [0.2, 0.25) is 0 Å². The number of nitrogens with zero attached hydrogens (tertiary/aromatic N) is 1. The highest BCUT2D eigenvalue weighted by atomic mass is 16.5. The molecule has 1 rings (SSSR count). The summed E-state index contributed by atoms with van der Waals surface area (Å²) in [6.45, 7) is 3.88. The fraction of sp³-hybridized carbons (Fsp3) is 0.647. The van der Waals surface area contributed by atoms with E-state index in [4.69, 9.17) is 4.74 Å². The van der Waals surface area contributed by atoms with Crippen LogP contribution in [0.15, 0.2) is 24.3 Å². The molecule has 0 aliphatic rings. The monoisotopic (exact) mass is 279 g/mol. The number of ether oxygens (including phenoxy) is 1. The highest BCUT2D eigenvalue weighted by Crippen LogP contribution is 2.20. The predicted molar refractivity (Wildman–Crippen MR) is 84.2 cm³/mol. The second-order valence-electron chi connectivity index (χ2n) is 5.59. The van der Waals surface area contributed by atoms with E-state index in [9.17, 15) is 5.11 Å². The molecule has 1 atom stereocenters. The average molecular weight is 279 g/mol. The highest BCUT2D eigenvalue weighted by Gasteiger charge is 2.07. The first-order chi connectivity index (χ1) is 9.63. The molecule has 0 radical (unpaired) electrons. The Kier molecular flexibility index (Phi) is 8.31. The molecule has 1 N–H and O–H groups in total. The van der Waals surface area contributed by atoms with E-state index in [-0.39, 0.29) is 0 Å². The Morgan fingerprint density at radius 2 is 1.80 bits per heavy atom. The topological polar surface area (TPSA) is 32.7 Å². The van der Waals surface area contributed by atoms with Gasteiger partial charge in [0.15, 0.2) is 0 Å². The van der Waals surface area contributed by atoms with Crippen LogP contribution in [0.25, 0.3) is 0 Å². The third kappa shape index (κ3) is 6.92. The molecule has 0 heterocycles. The number of unbranched alkanes of at least 4 members (excludes halogenated alkanes) is 3. The van der Waals surface area contributed by atoms with Gasteiger partial charge in [0.1, 0.15) is 5.75 Å². The fourth-order valence-corrected chi connectivity index (χ4v) is 2.05. The van der Waals surface area contributed by atoms with Crippen LogP contribution in [0.4, 0.5) is 0 Å². The van der Waals surface area contributed by atoms with Crippen molar-refractivity contribution in [2.75, 3.05) is 27.2 Å². The summed E-state index contributed by atoms with van der Waals surface area (Å²) in [5.41, 5.74) is 0.963. The van der Waals surface area contributed by atoms with Gasteiger partial charge in [0.25, 0.3) is 0 Å². The lowest BCUT2D eigenvalue weighted by atomic mass is 10.1. The number of benzene rings is 1. The van der Waals surface area contributed by atoms with Gasteiger partial charge in [-0.1, -0.05) is 38.3 Å². The van der Waals surface area contributed by atoms with Gasteiger partial charge in [-0.15, -0.1) is 0 Å². The molecule has 0 fully saturated rings. The number of hydrogen-bond acceptors (Lipinski definition) is 3. The maximum absolute atomic E-state index is 10.1. The molecule has 114 valence electrons. The van der Waals surface area contributed by atoms with Gasteiger partial charge in [0.05, 0.1) is 12.7 Å². The minimum atomic E-state index is -0.393. The van der Waals surface area contributed by atoms with Gasteiger partial charge in [-0.2, -0.15) is 0 Å². The van der Waals surface area contributed by atoms with Crippen LogP contribution >= 0.6 is 0 Å². The molecule has 0 aromatic heterocycles. The van der Waals surface area contributed by atoms with E-state index in [0.717, 1.165) is 37.3 Å². The molecule has 0 aliphatic carbocycles. The SMILES string of the molecule is CCCCCCOc1ccc(C(O)CCN(C)C)cc1. The molecule has 1 aromatic rings. The molecular formula is C17H29NO2. The van der Waals surface area contributed by atoms with Gasteiger partial charge >= 0.3 is 0 Å². The molecule has 3 heteroatoms. The maximum atomic E-state index is 10.1. The molecule has 0 amide bonds. The molecule has 0 saturated carbocycles. The Bertz CT molecular complexity index is 349. The van der Waals surface area contributed by atoms with Gasteiger partial charge in [-0.05, 0) is 44.6 Å². The van der Waals surface area contributed by atoms with Crippen LogP contribution in [-0.4, -0.2) is 37.3 Å². The molecule has 1 unspecified atom stereocenters. The van der Waals surface area contributed by atoms with Gasteiger partial charge in [-0.25, -0.2) is 0 Å². The average Bonchev–Trinajstić information content (AvgIpc) is 2.45. The van der Waals surface area contributed by atoms with Gasteiger partial charge in [-0.3, -0.25) is 0 Å². The Morgan fingerprint density at radius 3 is 2.40 bits per heavy atom. The molecule has 3 nitrogen and oxygen atoms in total. The van der Waals surface area contributed by atoms with Crippen molar-refractivity contribution < 1.29 is 9.84 Å². The Hall–Kier alpha value is -1.06. The lowest BCUT2D eigenvalue weighted by molar-refractivity contribution is 0.154. The van der Waals surface area contributed by atoms with Gasteiger partial charge < -0.3 is 14.7 Å². The normalized spacial score (nSPS) is 12.7. The summed E-state index contributed by atoms with van der Waals surface area (Å²) < 4.78 is 5.70. The summed E-state index contributed by atoms with van der Waals surface area (Å²) >= 11 is 0. The lowest BCUT2D eigenvalue weighted by Crippen LogP contribution is -2.15. The van der Waals surface area contributed by atoms with Crippen LogP contribution in [0.1, 0.15) is 50.7 Å². The van der Waals surface area contributed by atoms with Crippen molar-refractivity contribution >= 4 is 0 Å². The van der Waals surface area contributed by atoms with E-state index in [0.29, 0.717) is 0 Å². The van der Waals surface area contributed by atoms with Crippen molar-refractivity contribution in [3.63, 3.8) is 0 Å². The minimum Gasteiger partial charge on any atom is -0.494 e. The Balaban J connectivity index is 2.32. The Morgan fingerprint density at radius 1 is 1.10 bits per heavy atom. The first-order valence-corrected chi connectivity index (χ1v) is 7.69. The van der Waals surface area contributed by atoms with E-state index in [1.54, 1.807) is 0 Å². The molecule has 1 aromatic carbocycles. The van der Waals surface area contributed by atoms with E-state index in [1.165, 1.54) is 19.3 Å². The zero-order chi connectivity index (χ0) is 14.8. The van der Waals surface area contributed by atoms with Crippen LogP contribution < -0.4 is 4.74 Å². The van der Waals surface area contributed by atoms with Crippen molar-refractivity contribution in [1.29, 1.82) is 0 Å². The van der Waals surface area contributed by atoms with Crippen LogP contribution in [-0.2, 0) is 0 Å². The molecule has 0 saturated heterocycles. The van der Waals surface area contributed by atoms with Crippen LogP contribution in [0.5, 0.6) is 5.75 Å². The minimum absolute atomic E-state index is 0.393. The van der Waals surface area contributed by atoms with Crippen molar-refractivity contribution in [1.82, 2.24) is 4.90 Å². The van der Waals surface area contributed by atoms with Crippen molar-refractivity contribution in [3.05, 3.63) is 29.8 Å². The number of hydrogen-bond donors (Lipinski definition) is 1. The molecule has 0 spiro atoms. The first kappa shape index (κ1) is 17.0. The smallest absolute Gasteiger partial charge is 0.119 e. The van der Waals surface area contributed by atoms with Crippen molar-refractivity contribution in [2.45, 2.75) is 45.1 Å². The van der Waals surface area contributed by atoms with Crippen molar-refractivity contribution in [2.24, 2.45) is 0 Å². The van der Waals surface area contributed by atoms with Crippen LogP contribution in [0.2, 0.25) is 0 Å². The molecule has 0 bridgehead atoms. The summed E-state index contributed by atoms with van der Waals surface area (Å²) in [6.07, 6.45) is 5.24. The fourth-order valence-electron chi connectivity index (χ4n) is 2.05. The summed E-state index contributed by atoms with van der Waals surface area (Å²) in [5.74, 6) is 0.894. The van der Waals surface area contributed by atoms with Crippen LogP contribution in [0, 0.1) is 0 Å². The molecule has 0 aliphatic heterocycles. The predicted octanol–water partition coefficient (Wildman–Crippen LogP) is 3.63. The van der Waals surface area contributed by atoms with Crippen molar-refractivity contribution in [3.8, 4) is 5.75 Å². The van der Waals surface area contributed by atoms with E-state index in [1.807, 2.05) is 38.4 Å². The molecule has 20 heavy (non-hydrogen) atoms. The summed E-state index contributed by atoms with van der Waals surface area (Å²) in [5, 5.41) is 10.1. The Labute approximate surface area is 123 Å². The lowest BCUT2D eigenvalue weighted by Gasteiger charge is -2.15.